The zero-order chi connectivity index (χ0) is 18.0. The molecule has 1 aliphatic rings. The Balaban J connectivity index is 1.74. The van der Waals surface area contributed by atoms with Gasteiger partial charge in [0.1, 0.15) is 5.75 Å². The molecule has 7 heteroatoms. The van der Waals surface area contributed by atoms with Crippen molar-refractivity contribution in [2.75, 3.05) is 4.90 Å². The molecule has 0 radical (unpaired) electrons. The SMILES string of the molecule is O=C1C[C@H](Cc2ccccc2)C(=O)N1c1ccc(OC(F)(F)F)cc1. The molecule has 1 saturated heterocycles. The number of halogens is 3. The molecule has 0 unspecified atom stereocenters. The molecule has 0 N–H and O–H groups in total. The van der Waals surface area contributed by atoms with Crippen molar-refractivity contribution in [2.24, 2.45) is 5.92 Å². The summed E-state index contributed by atoms with van der Waals surface area (Å²) in [7, 11) is 0. The molecule has 2 aromatic carbocycles. The summed E-state index contributed by atoms with van der Waals surface area (Å²) in [4.78, 5) is 25.7. The molecule has 0 spiro atoms. The molecule has 2 aromatic rings. The van der Waals surface area contributed by atoms with Crippen molar-refractivity contribution in [1.29, 1.82) is 0 Å². The Kier molecular flexibility index (Phi) is 4.48. The first-order chi connectivity index (χ1) is 11.8. The first-order valence-corrected chi connectivity index (χ1v) is 7.60. The van der Waals surface area contributed by atoms with Crippen LogP contribution in [0.4, 0.5) is 18.9 Å². The first-order valence-electron chi connectivity index (χ1n) is 7.60. The Bertz CT molecular complexity index is 772. The monoisotopic (exact) mass is 349 g/mol. The van der Waals surface area contributed by atoms with E-state index in [1.807, 2.05) is 30.3 Å². The fraction of sp³-hybridized carbons (Fsp3) is 0.222. The van der Waals surface area contributed by atoms with Crippen molar-refractivity contribution in [3.63, 3.8) is 0 Å². The summed E-state index contributed by atoms with van der Waals surface area (Å²) in [5, 5.41) is 0. The van der Waals surface area contributed by atoms with Gasteiger partial charge in [0.2, 0.25) is 11.8 Å². The first kappa shape index (κ1) is 17.0. The van der Waals surface area contributed by atoms with E-state index in [9.17, 15) is 22.8 Å². The second-order valence-corrected chi connectivity index (χ2v) is 5.70. The molecule has 0 saturated carbocycles. The maximum absolute atomic E-state index is 12.5. The lowest BCUT2D eigenvalue weighted by molar-refractivity contribution is -0.274. The summed E-state index contributed by atoms with van der Waals surface area (Å²) < 4.78 is 40.3. The number of carbonyl (C=O) groups is 2. The zero-order valence-corrected chi connectivity index (χ0v) is 13.0. The van der Waals surface area contributed by atoms with Crippen LogP contribution in [0.1, 0.15) is 12.0 Å². The Morgan fingerprint density at radius 3 is 2.24 bits per heavy atom. The summed E-state index contributed by atoms with van der Waals surface area (Å²) in [5.74, 6) is -1.59. The van der Waals surface area contributed by atoms with Crippen molar-refractivity contribution < 1.29 is 27.5 Å². The molecule has 0 aliphatic carbocycles. The van der Waals surface area contributed by atoms with Gasteiger partial charge in [0.15, 0.2) is 0 Å². The summed E-state index contributed by atoms with van der Waals surface area (Å²) in [6.07, 6.45) is -4.27. The summed E-state index contributed by atoms with van der Waals surface area (Å²) in [6.45, 7) is 0. The normalized spacial score (nSPS) is 17.9. The second-order valence-electron chi connectivity index (χ2n) is 5.70. The van der Waals surface area contributed by atoms with E-state index < -0.39 is 18.0 Å². The van der Waals surface area contributed by atoms with Gasteiger partial charge < -0.3 is 4.74 Å². The minimum absolute atomic E-state index is 0.0779. The Labute approximate surface area is 141 Å². The highest BCUT2D eigenvalue weighted by molar-refractivity contribution is 6.21. The van der Waals surface area contributed by atoms with Gasteiger partial charge in [-0.2, -0.15) is 0 Å². The van der Waals surface area contributed by atoms with Crippen LogP contribution >= 0.6 is 0 Å². The lowest BCUT2D eigenvalue weighted by Gasteiger charge is -2.16. The van der Waals surface area contributed by atoms with Crippen LogP contribution in [0.25, 0.3) is 0 Å². The molecular formula is C18H14F3NO3. The van der Waals surface area contributed by atoms with Gasteiger partial charge in [0.25, 0.3) is 0 Å². The fourth-order valence-corrected chi connectivity index (χ4v) is 2.82. The van der Waals surface area contributed by atoms with Crippen molar-refractivity contribution in [3.05, 3.63) is 60.2 Å². The van der Waals surface area contributed by atoms with Crippen LogP contribution in [-0.2, 0) is 16.0 Å². The molecule has 0 aromatic heterocycles. The van der Waals surface area contributed by atoms with E-state index in [0.717, 1.165) is 22.6 Å². The van der Waals surface area contributed by atoms with E-state index >= 15 is 0 Å². The number of nitrogens with zero attached hydrogens (tertiary/aromatic N) is 1. The quantitative estimate of drug-likeness (QED) is 0.791. The minimum atomic E-state index is -4.79. The summed E-state index contributed by atoms with van der Waals surface area (Å²) in [5.41, 5.74) is 1.18. The number of hydrogen-bond donors (Lipinski definition) is 0. The van der Waals surface area contributed by atoms with Gasteiger partial charge in [-0.15, -0.1) is 13.2 Å². The van der Waals surface area contributed by atoms with Gasteiger partial charge in [-0.1, -0.05) is 30.3 Å². The molecule has 25 heavy (non-hydrogen) atoms. The van der Waals surface area contributed by atoms with Crippen LogP contribution in [0.2, 0.25) is 0 Å². The molecule has 130 valence electrons. The van der Waals surface area contributed by atoms with Crippen molar-refractivity contribution in [1.82, 2.24) is 0 Å². The zero-order valence-electron chi connectivity index (χ0n) is 13.0. The fourth-order valence-electron chi connectivity index (χ4n) is 2.82. The average Bonchev–Trinajstić information content (AvgIpc) is 2.82. The van der Waals surface area contributed by atoms with E-state index in [1.165, 1.54) is 12.1 Å². The van der Waals surface area contributed by atoms with Gasteiger partial charge in [-0.3, -0.25) is 14.5 Å². The van der Waals surface area contributed by atoms with Crippen LogP contribution < -0.4 is 9.64 Å². The molecule has 0 bridgehead atoms. The van der Waals surface area contributed by atoms with Gasteiger partial charge in [-0.25, -0.2) is 0 Å². The third kappa shape index (κ3) is 3.99. The summed E-state index contributed by atoms with van der Waals surface area (Å²) >= 11 is 0. The standard InChI is InChI=1S/C18H14F3NO3/c19-18(20,21)25-15-8-6-14(7-9-15)22-16(23)11-13(17(22)24)10-12-4-2-1-3-5-12/h1-9,13H,10-11H2/t13-/m0/s1. The van der Waals surface area contributed by atoms with Crippen molar-refractivity contribution >= 4 is 17.5 Å². The number of ether oxygens (including phenoxy) is 1. The predicted molar refractivity (Wildman–Crippen MR) is 83.9 cm³/mol. The van der Waals surface area contributed by atoms with Crippen LogP contribution in [0.5, 0.6) is 5.75 Å². The van der Waals surface area contributed by atoms with Crippen molar-refractivity contribution in [3.8, 4) is 5.75 Å². The minimum Gasteiger partial charge on any atom is -0.406 e. The van der Waals surface area contributed by atoms with Crippen LogP contribution in [-0.4, -0.2) is 18.2 Å². The molecule has 1 atom stereocenters. The number of rotatable bonds is 4. The second kappa shape index (κ2) is 6.58. The lowest BCUT2D eigenvalue weighted by atomic mass is 9.98. The maximum atomic E-state index is 12.5. The number of anilines is 1. The predicted octanol–water partition coefficient (Wildman–Crippen LogP) is 3.71. The largest absolute Gasteiger partial charge is 0.573 e. The third-order valence-corrected chi connectivity index (χ3v) is 3.89. The molecule has 1 aliphatic heterocycles. The topological polar surface area (TPSA) is 46.6 Å². The number of amides is 2. The molecular weight excluding hydrogens is 335 g/mol. The van der Waals surface area contributed by atoms with Gasteiger partial charge in [0.05, 0.1) is 11.6 Å². The average molecular weight is 349 g/mol. The van der Waals surface area contributed by atoms with Crippen LogP contribution in [0, 0.1) is 5.92 Å². The van der Waals surface area contributed by atoms with Gasteiger partial charge >= 0.3 is 6.36 Å². The molecule has 4 nitrogen and oxygen atoms in total. The Hall–Kier alpha value is -2.83. The number of alkyl halides is 3. The maximum Gasteiger partial charge on any atom is 0.573 e. The summed E-state index contributed by atoms with van der Waals surface area (Å²) in [6, 6.07) is 14.0. The molecule has 2 amide bonds. The Morgan fingerprint density at radius 1 is 1.00 bits per heavy atom. The Morgan fingerprint density at radius 2 is 1.64 bits per heavy atom. The van der Waals surface area contributed by atoms with Crippen LogP contribution in [0.15, 0.2) is 54.6 Å². The third-order valence-electron chi connectivity index (χ3n) is 3.89. The number of carbonyl (C=O) groups excluding carboxylic acids is 2. The highest BCUT2D eigenvalue weighted by Gasteiger charge is 2.39. The number of hydrogen-bond acceptors (Lipinski definition) is 3. The van der Waals surface area contributed by atoms with Gasteiger partial charge in [-0.05, 0) is 36.2 Å². The molecule has 1 fully saturated rings. The van der Waals surface area contributed by atoms with E-state index in [4.69, 9.17) is 0 Å². The highest BCUT2D eigenvalue weighted by atomic mass is 19.4. The molecule has 1 heterocycles. The van der Waals surface area contributed by atoms with Crippen molar-refractivity contribution in [2.45, 2.75) is 19.2 Å². The van der Waals surface area contributed by atoms with E-state index in [2.05, 4.69) is 4.74 Å². The van der Waals surface area contributed by atoms with Gasteiger partial charge in [0, 0.05) is 6.42 Å². The van der Waals surface area contributed by atoms with E-state index in [-0.39, 0.29) is 23.9 Å². The van der Waals surface area contributed by atoms with Crippen LogP contribution in [0.3, 0.4) is 0 Å². The number of benzene rings is 2. The smallest absolute Gasteiger partial charge is 0.406 e. The van der Waals surface area contributed by atoms with E-state index in [0.29, 0.717) is 6.42 Å². The lowest BCUT2D eigenvalue weighted by Crippen LogP contribution is -2.30. The molecule has 3 rings (SSSR count). The number of imide groups is 1. The highest BCUT2D eigenvalue weighted by Crippen LogP contribution is 2.31. The van der Waals surface area contributed by atoms with E-state index in [1.54, 1.807) is 0 Å².